The minimum Gasteiger partial charge on any atom is -0.495 e. The molecule has 1 fully saturated rings. The molecular weight excluding hydrogens is 410 g/mol. The third-order valence-electron chi connectivity index (χ3n) is 5.00. The summed E-state index contributed by atoms with van der Waals surface area (Å²) in [6, 6.07) is 15.3. The van der Waals surface area contributed by atoms with Crippen LogP contribution in [0.5, 0.6) is 5.75 Å². The molecule has 3 rings (SSSR count). The van der Waals surface area contributed by atoms with Gasteiger partial charge in [-0.25, -0.2) is 4.99 Å². The summed E-state index contributed by atoms with van der Waals surface area (Å²) in [4.78, 5) is 32.0. The molecule has 31 heavy (non-hydrogen) atoms. The predicted molar refractivity (Wildman–Crippen MR) is 127 cm³/mol. The lowest BCUT2D eigenvalue weighted by atomic mass is 10.0. The Morgan fingerprint density at radius 3 is 2.55 bits per heavy atom. The largest absolute Gasteiger partial charge is 0.495 e. The summed E-state index contributed by atoms with van der Waals surface area (Å²) >= 11 is 1.36. The number of thioether (sulfide) groups is 1. The van der Waals surface area contributed by atoms with Gasteiger partial charge in [0.2, 0.25) is 11.8 Å². The fourth-order valence-corrected chi connectivity index (χ4v) is 4.50. The molecule has 1 N–H and O–H groups in total. The molecule has 7 heteroatoms. The predicted octanol–water partition coefficient (Wildman–Crippen LogP) is 5.19. The van der Waals surface area contributed by atoms with E-state index < -0.39 is 5.25 Å². The van der Waals surface area contributed by atoms with Gasteiger partial charge in [0.1, 0.15) is 11.0 Å². The van der Waals surface area contributed by atoms with E-state index in [1.54, 1.807) is 24.1 Å². The lowest BCUT2D eigenvalue weighted by molar-refractivity contribution is -0.128. The fraction of sp³-hybridized carbons (Fsp3) is 0.375. The molecule has 2 aromatic rings. The number of nitrogens with one attached hydrogen (secondary N) is 1. The first-order valence-electron chi connectivity index (χ1n) is 10.5. The van der Waals surface area contributed by atoms with Crippen molar-refractivity contribution in [1.82, 2.24) is 4.90 Å². The molecular formula is C24H29N3O3S. The highest BCUT2D eigenvalue weighted by Crippen LogP contribution is 2.33. The number of nitrogens with zero attached hydrogens (tertiary/aromatic N) is 2. The number of anilines is 1. The Morgan fingerprint density at radius 1 is 1.19 bits per heavy atom. The topological polar surface area (TPSA) is 71.0 Å². The van der Waals surface area contributed by atoms with Crippen molar-refractivity contribution in [2.24, 2.45) is 4.99 Å². The second kappa shape index (κ2) is 10.5. The summed E-state index contributed by atoms with van der Waals surface area (Å²) in [7, 11) is 1.56. The molecule has 1 heterocycles. The number of amides is 2. The number of hydrogen-bond donors (Lipinski definition) is 1. The van der Waals surface area contributed by atoms with Crippen molar-refractivity contribution in [3.05, 3.63) is 54.1 Å². The number of amidine groups is 1. The van der Waals surface area contributed by atoms with Gasteiger partial charge in [0.25, 0.3) is 0 Å². The van der Waals surface area contributed by atoms with Gasteiger partial charge in [0, 0.05) is 13.0 Å². The van der Waals surface area contributed by atoms with Crippen LogP contribution in [0.3, 0.4) is 0 Å². The van der Waals surface area contributed by atoms with Crippen LogP contribution < -0.4 is 10.1 Å². The number of benzene rings is 2. The fourth-order valence-electron chi connectivity index (χ4n) is 3.32. The van der Waals surface area contributed by atoms with Gasteiger partial charge in [-0.2, -0.15) is 0 Å². The molecule has 0 aliphatic carbocycles. The van der Waals surface area contributed by atoms with E-state index in [1.807, 2.05) is 31.2 Å². The van der Waals surface area contributed by atoms with Crippen LogP contribution in [0.1, 0.15) is 45.1 Å². The first-order valence-corrected chi connectivity index (χ1v) is 11.4. The molecule has 164 valence electrons. The van der Waals surface area contributed by atoms with Crippen LogP contribution in [0.4, 0.5) is 11.4 Å². The molecule has 1 atom stereocenters. The number of para-hydroxylation sites is 2. The number of aliphatic imine (C=N–C) groups is 1. The van der Waals surface area contributed by atoms with E-state index in [-0.39, 0.29) is 18.2 Å². The van der Waals surface area contributed by atoms with Crippen LogP contribution in [0.2, 0.25) is 0 Å². The van der Waals surface area contributed by atoms with Crippen LogP contribution >= 0.6 is 11.8 Å². The zero-order valence-corrected chi connectivity index (χ0v) is 19.2. The maximum Gasteiger partial charge on any atom is 0.242 e. The van der Waals surface area contributed by atoms with Crippen molar-refractivity contribution in [2.75, 3.05) is 19.0 Å². The number of carbonyl (C=O) groups is 2. The second-order valence-corrected chi connectivity index (χ2v) is 8.86. The van der Waals surface area contributed by atoms with Gasteiger partial charge in [-0.1, -0.05) is 56.8 Å². The van der Waals surface area contributed by atoms with Crippen molar-refractivity contribution in [2.45, 2.75) is 44.8 Å². The summed E-state index contributed by atoms with van der Waals surface area (Å²) in [5, 5.41) is 3.01. The molecule has 0 aromatic heterocycles. The van der Waals surface area contributed by atoms with Gasteiger partial charge >= 0.3 is 0 Å². The quantitative estimate of drug-likeness (QED) is 0.615. The van der Waals surface area contributed by atoms with E-state index in [9.17, 15) is 9.59 Å². The van der Waals surface area contributed by atoms with E-state index in [0.29, 0.717) is 29.1 Å². The van der Waals surface area contributed by atoms with E-state index in [0.717, 1.165) is 12.1 Å². The second-order valence-electron chi connectivity index (χ2n) is 7.69. The van der Waals surface area contributed by atoms with Gasteiger partial charge < -0.3 is 10.1 Å². The van der Waals surface area contributed by atoms with E-state index >= 15 is 0 Å². The number of ether oxygens (including phenoxy) is 1. The van der Waals surface area contributed by atoms with Crippen LogP contribution in [0.15, 0.2) is 53.5 Å². The van der Waals surface area contributed by atoms with E-state index in [1.165, 1.54) is 17.3 Å². The Hall–Kier alpha value is -2.80. The van der Waals surface area contributed by atoms with Crippen LogP contribution in [0.25, 0.3) is 0 Å². The smallest absolute Gasteiger partial charge is 0.242 e. The molecule has 1 saturated heterocycles. The normalized spacial score (nSPS) is 17.5. The third-order valence-corrected chi connectivity index (χ3v) is 6.18. The summed E-state index contributed by atoms with van der Waals surface area (Å²) in [5.41, 5.74) is 2.64. The highest BCUT2D eigenvalue weighted by molar-refractivity contribution is 8.15. The summed E-state index contributed by atoms with van der Waals surface area (Å²) in [6.45, 7) is 6.90. The highest BCUT2D eigenvalue weighted by atomic mass is 32.2. The standard InChI is InChI=1S/C24H29N3O3S/c1-5-14-27-23(29)21(15-22(28)26-19-8-6-7-9-20(19)30-4)31-24(27)25-18-12-10-17(11-13-18)16(2)3/h6-13,16,21H,5,14-15H2,1-4H3,(H,26,28). The number of methoxy groups -OCH3 is 1. The summed E-state index contributed by atoms with van der Waals surface area (Å²) < 4.78 is 5.28. The van der Waals surface area contributed by atoms with Crippen molar-refractivity contribution >= 4 is 40.1 Å². The van der Waals surface area contributed by atoms with Crippen molar-refractivity contribution in [3.8, 4) is 5.75 Å². The van der Waals surface area contributed by atoms with Crippen molar-refractivity contribution < 1.29 is 14.3 Å². The lowest BCUT2D eigenvalue weighted by Gasteiger charge is -2.15. The lowest BCUT2D eigenvalue weighted by Crippen LogP contribution is -2.34. The average molecular weight is 440 g/mol. The van der Waals surface area contributed by atoms with Gasteiger partial charge in [-0.05, 0) is 42.2 Å². The molecule has 1 aliphatic rings. The molecule has 0 bridgehead atoms. The minimum atomic E-state index is -0.491. The molecule has 0 saturated carbocycles. The molecule has 1 unspecified atom stereocenters. The number of hydrogen-bond acceptors (Lipinski definition) is 5. The minimum absolute atomic E-state index is 0.0698. The zero-order chi connectivity index (χ0) is 22.4. The average Bonchev–Trinajstić information content (AvgIpc) is 3.03. The molecule has 0 radical (unpaired) electrons. The van der Waals surface area contributed by atoms with E-state index in [2.05, 4.69) is 31.3 Å². The Kier molecular flexibility index (Phi) is 7.74. The third kappa shape index (κ3) is 5.67. The number of carbonyl (C=O) groups excluding carboxylic acids is 2. The Morgan fingerprint density at radius 2 is 1.90 bits per heavy atom. The van der Waals surface area contributed by atoms with Gasteiger partial charge in [-0.3, -0.25) is 14.5 Å². The zero-order valence-electron chi connectivity index (χ0n) is 18.4. The summed E-state index contributed by atoms with van der Waals surface area (Å²) in [5.74, 6) is 0.738. The first kappa shape index (κ1) is 22.9. The maximum atomic E-state index is 13.0. The Labute approximate surface area is 188 Å². The molecule has 6 nitrogen and oxygen atoms in total. The molecule has 2 aromatic carbocycles. The van der Waals surface area contributed by atoms with Gasteiger partial charge in [-0.15, -0.1) is 0 Å². The molecule has 2 amide bonds. The first-order chi connectivity index (χ1) is 14.9. The van der Waals surface area contributed by atoms with Crippen molar-refractivity contribution in [3.63, 3.8) is 0 Å². The van der Waals surface area contributed by atoms with Gasteiger partial charge in [0.05, 0.1) is 18.5 Å². The Balaban J connectivity index is 1.73. The highest BCUT2D eigenvalue weighted by Gasteiger charge is 2.38. The Bertz CT molecular complexity index is 957. The monoisotopic (exact) mass is 439 g/mol. The van der Waals surface area contributed by atoms with E-state index in [4.69, 9.17) is 9.73 Å². The summed E-state index contributed by atoms with van der Waals surface area (Å²) in [6.07, 6.45) is 0.894. The van der Waals surface area contributed by atoms with Crippen LogP contribution in [-0.2, 0) is 9.59 Å². The van der Waals surface area contributed by atoms with Crippen molar-refractivity contribution in [1.29, 1.82) is 0 Å². The van der Waals surface area contributed by atoms with Crippen LogP contribution in [-0.4, -0.2) is 40.8 Å². The molecule has 1 aliphatic heterocycles. The maximum absolute atomic E-state index is 13.0. The SMILES string of the molecule is CCCN1C(=O)C(CC(=O)Nc2ccccc2OC)SC1=Nc1ccc(C(C)C)cc1. The van der Waals surface area contributed by atoms with Crippen LogP contribution in [0, 0.1) is 0 Å². The molecule has 0 spiro atoms. The van der Waals surface area contributed by atoms with Gasteiger partial charge in [0.15, 0.2) is 5.17 Å². The number of rotatable bonds is 8.